The van der Waals surface area contributed by atoms with Gasteiger partial charge < -0.3 is 10.1 Å². The number of ether oxygens (including phenoxy) is 1. The molecule has 1 N–H and O–H groups in total. The summed E-state index contributed by atoms with van der Waals surface area (Å²) in [5.41, 5.74) is 2.35. The molecule has 1 aromatic carbocycles. The van der Waals surface area contributed by atoms with Crippen molar-refractivity contribution in [2.75, 3.05) is 19.0 Å². The molecule has 2 rings (SSSR count). The topological polar surface area (TPSA) is 34.1 Å². The van der Waals surface area contributed by atoms with Gasteiger partial charge in [-0.15, -0.1) is 0 Å². The van der Waals surface area contributed by atoms with Crippen LogP contribution in [0.3, 0.4) is 0 Å². The standard InChI is InChI=1S/C13H14BrFN2O/c1-3-16-12-4-8(7-18-2)17-13-6-11(15)10(14)5-9(12)13/h4-6H,3,7H2,1-2H3,(H,16,17). The Morgan fingerprint density at radius 3 is 2.83 bits per heavy atom. The zero-order valence-electron chi connectivity index (χ0n) is 10.3. The monoisotopic (exact) mass is 312 g/mol. The molecule has 18 heavy (non-hydrogen) atoms. The molecule has 0 saturated heterocycles. The van der Waals surface area contributed by atoms with Crippen molar-refractivity contribution in [3.8, 4) is 0 Å². The quantitative estimate of drug-likeness (QED) is 0.934. The number of halogens is 2. The fourth-order valence-corrected chi connectivity index (χ4v) is 2.18. The lowest BCUT2D eigenvalue weighted by molar-refractivity contribution is 0.182. The Balaban J connectivity index is 2.64. The third-order valence-corrected chi connectivity index (χ3v) is 3.17. The fraction of sp³-hybridized carbons (Fsp3) is 0.308. The van der Waals surface area contributed by atoms with E-state index in [9.17, 15) is 4.39 Å². The van der Waals surface area contributed by atoms with Crippen LogP contribution in [0.1, 0.15) is 12.6 Å². The molecule has 0 atom stereocenters. The highest BCUT2D eigenvalue weighted by Gasteiger charge is 2.09. The Morgan fingerprint density at radius 2 is 2.17 bits per heavy atom. The number of aromatic nitrogens is 1. The largest absolute Gasteiger partial charge is 0.385 e. The summed E-state index contributed by atoms with van der Waals surface area (Å²) in [4.78, 5) is 4.38. The second-order valence-corrected chi connectivity index (χ2v) is 4.76. The van der Waals surface area contributed by atoms with Crippen LogP contribution in [0.4, 0.5) is 10.1 Å². The van der Waals surface area contributed by atoms with E-state index in [1.54, 1.807) is 13.2 Å². The molecule has 3 nitrogen and oxygen atoms in total. The maximum atomic E-state index is 13.5. The summed E-state index contributed by atoms with van der Waals surface area (Å²) < 4.78 is 19.1. The van der Waals surface area contributed by atoms with Gasteiger partial charge in [-0.1, -0.05) is 0 Å². The molecular formula is C13H14BrFN2O. The molecule has 0 unspecified atom stereocenters. The lowest BCUT2D eigenvalue weighted by atomic mass is 10.1. The van der Waals surface area contributed by atoms with Gasteiger partial charge in [0.1, 0.15) is 5.82 Å². The first-order valence-corrected chi connectivity index (χ1v) is 6.46. The number of benzene rings is 1. The molecule has 0 saturated carbocycles. The average Bonchev–Trinajstić information content (AvgIpc) is 2.32. The van der Waals surface area contributed by atoms with Crippen LogP contribution in [0.2, 0.25) is 0 Å². The number of pyridine rings is 1. The maximum absolute atomic E-state index is 13.5. The van der Waals surface area contributed by atoms with Gasteiger partial charge in [-0.3, -0.25) is 4.98 Å². The van der Waals surface area contributed by atoms with Crippen molar-refractivity contribution in [3.63, 3.8) is 0 Å². The number of anilines is 1. The van der Waals surface area contributed by atoms with E-state index in [0.717, 1.165) is 23.3 Å². The number of nitrogens with zero attached hydrogens (tertiary/aromatic N) is 1. The van der Waals surface area contributed by atoms with E-state index in [1.165, 1.54) is 6.07 Å². The second kappa shape index (κ2) is 5.63. The predicted octanol–water partition coefficient (Wildman–Crippen LogP) is 3.71. The highest BCUT2D eigenvalue weighted by molar-refractivity contribution is 9.10. The molecule has 96 valence electrons. The van der Waals surface area contributed by atoms with Gasteiger partial charge in [0.2, 0.25) is 0 Å². The van der Waals surface area contributed by atoms with E-state index < -0.39 is 0 Å². The first-order valence-electron chi connectivity index (χ1n) is 5.67. The summed E-state index contributed by atoms with van der Waals surface area (Å²) >= 11 is 3.20. The van der Waals surface area contributed by atoms with Gasteiger partial charge in [0, 0.05) is 30.8 Å². The van der Waals surface area contributed by atoms with Crippen molar-refractivity contribution < 1.29 is 9.13 Å². The molecule has 0 amide bonds. The third kappa shape index (κ3) is 2.62. The van der Waals surface area contributed by atoms with E-state index in [-0.39, 0.29) is 5.82 Å². The van der Waals surface area contributed by atoms with Gasteiger partial charge in [-0.2, -0.15) is 0 Å². The van der Waals surface area contributed by atoms with Gasteiger partial charge in [0.25, 0.3) is 0 Å². The number of nitrogens with one attached hydrogen (secondary N) is 1. The van der Waals surface area contributed by atoms with E-state index in [0.29, 0.717) is 16.6 Å². The van der Waals surface area contributed by atoms with Gasteiger partial charge >= 0.3 is 0 Å². The Bertz CT molecular complexity index is 574. The zero-order chi connectivity index (χ0) is 13.1. The highest BCUT2D eigenvalue weighted by atomic mass is 79.9. The number of methoxy groups -OCH3 is 1. The summed E-state index contributed by atoms with van der Waals surface area (Å²) in [7, 11) is 1.61. The summed E-state index contributed by atoms with van der Waals surface area (Å²) in [6.45, 7) is 3.22. The van der Waals surface area contributed by atoms with Crippen LogP contribution in [-0.2, 0) is 11.3 Å². The minimum atomic E-state index is -0.313. The van der Waals surface area contributed by atoms with Crippen molar-refractivity contribution in [1.29, 1.82) is 0 Å². The van der Waals surface area contributed by atoms with Gasteiger partial charge in [-0.25, -0.2) is 4.39 Å². The number of rotatable bonds is 4. The Hall–Kier alpha value is -1.20. The fourth-order valence-electron chi connectivity index (χ4n) is 1.83. The Labute approximate surface area is 113 Å². The summed E-state index contributed by atoms with van der Waals surface area (Å²) in [5.74, 6) is -0.313. The van der Waals surface area contributed by atoms with Crippen molar-refractivity contribution in [2.45, 2.75) is 13.5 Å². The first-order chi connectivity index (χ1) is 8.65. The molecular weight excluding hydrogens is 299 g/mol. The van der Waals surface area contributed by atoms with Gasteiger partial charge in [-0.05, 0) is 35.0 Å². The molecule has 0 radical (unpaired) electrons. The van der Waals surface area contributed by atoms with Crippen LogP contribution in [0, 0.1) is 5.82 Å². The molecule has 2 aromatic rings. The highest BCUT2D eigenvalue weighted by Crippen LogP contribution is 2.28. The van der Waals surface area contributed by atoms with Crippen LogP contribution in [0.25, 0.3) is 10.9 Å². The summed E-state index contributed by atoms with van der Waals surface area (Å²) in [5, 5.41) is 4.15. The van der Waals surface area contributed by atoms with Crippen LogP contribution in [0.5, 0.6) is 0 Å². The molecule has 0 bridgehead atoms. The van der Waals surface area contributed by atoms with Crippen LogP contribution < -0.4 is 5.32 Å². The minimum absolute atomic E-state index is 0.313. The normalized spacial score (nSPS) is 10.9. The van der Waals surface area contributed by atoms with Gasteiger partial charge in [0.15, 0.2) is 0 Å². The van der Waals surface area contributed by atoms with Crippen molar-refractivity contribution >= 4 is 32.5 Å². The Morgan fingerprint density at radius 1 is 1.39 bits per heavy atom. The van der Waals surface area contributed by atoms with Crippen molar-refractivity contribution in [1.82, 2.24) is 4.98 Å². The lowest BCUT2D eigenvalue weighted by Gasteiger charge is -2.11. The van der Waals surface area contributed by atoms with Crippen molar-refractivity contribution in [3.05, 3.63) is 34.2 Å². The van der Waals surface area contributed by atoms with E-state index in [2.05, 4.69) is 26.2 Å². The van der Waals surface area contributed by atoms with Gasteiger partial charge in [0.05, 0.1) is 22.3 Å². The molecule has 5 heteroatoms. The van der Waals surface area contributed by atoms with Crippen LogP contribution in [0.15, 0.2) is 22.7 Å². The maximum Gasteiger partial charge on any atom is 0.139 e. The number of hydrogen-bond donors (Lipinski definition) is 1. The predicted molar refractivity (Wildman–Crippen MR) is 74.3 cm³/mol. The van der Waals surface area contributed by atoms with Crippen LogP contribution >= 0.6 is 15.9 Å². The Kier molecular flexibility index (Phi) is 4.14. The smallest absolute Gasteiger partial charge is 0.139 e. The first kappa shape index (κ1) is 13.2. The van der Waals surface area contributed by atoms with Crippen molar-refractivity contribution in [2.24, 2.45) is 0 Å². The lowest BCUT2D eigenvalue weighted by Crippen LogP contribution is -2.02. The molecule has 0 spiro atoms. The second-order valence-electron chi connectivity index (χ2n) is 3.91. The molecule has 0 aliphatic carbocycles. The van der Waals surface area contributed by atoms with E-state index in [4.69, 9.17) is 4.74 Å². The molecule has 0 aliphatic rings. The number of hydrogen-bond acceptors (Lipinski definition) is 3. The molecule has 0 fully saturated rings. The molecule has 1 heterocycles. The van der Waals surface area contributed by atoms with Crippen LogP contribution in [-0.4, -0.2) is 18.6 Å². The molecule has 1 aromatic heterocycles. The SMILES string of the molecule is CCNc1cc(COC)nc2cc(F)c(Br)cc12. The van der Waals surface area contributed by atoms with E-state index >= 15 is 0 Å². The average molecular weight is 313 g/mol. The third-order valence-electron chi connectivity index (χ3n) is 2.56. The zero-order valence-corrected chi connectivity index (χ0v) is 11.8. The van der Waals surface area contributed by atoms with E-state index in [1.807, 2.05) is 13.0 Å². The summed E-state index contributed by atoms with van der Waals surface area (Å²) in [6, 6.07) is 5.10. The minimum Gasteiger partial charge on any atom is -0.385 e. The summed E-state index contributed by atoms with van der Waals surface area (Å²) in [6.07, 6.45) is 0. The molecule has 0 aliphatic heterocycles. The number of fused-ring (bicyclic) bond motifs is 1.